The lowest BCUT2D eigenvalue weighted by Crippen LogP contribution is -2.60. The molecule has 0 radical (unpaired) electrons. The number of hydrogen-bond donors (Lipinski definition) is 6. The highest BCUT2D eigenvalue weighted by Crippen LogP contribution is 2.55. The van der Waals surface area contributed by atoms with Crippen molar-refractivity contribution in [2.24, 2.45) is 29.1 Å². The van der Waals surface area contributed by atoms with Gasteiger partial charge < -0.3 is 40.1 Å². The molecule has 0 bridgehead atoms. The van der Waals surface area contributed by atoms with Crippen LogP contribution in [0, 0.1) is 29.1 Å². The van der Waals surface area contributed by atoms with E-state index >= 15 is 0 Å². The Labute approximate surface area is 201 Å². The molecule has 8 nitrogen and oxygen atoms in total. The van der Waals surface area contributed by atoms with Crippen molar-refractivity contribution in [2.75, 3.05) is 13.2 Å². The lowest BCUT2D eigenvalue weighted by Gasteiger charge is -2.45. The first kappa shape index (κ1) is 26.2. The van der Waals surface area contributed by atoms with Crippen LogP contribution in [0.5, 0.6) is 0 Å². The minimum atomic E-state index is -1.54. The van der Waals surface area contributed by atoms with E-state index in [4.69, 9.17) is 9.47 Å². The van der Waals surface area contributed by atoms with Crippen molar-refractivity contribution < 1.29 is 40.1 Å². The first-order valence-electron chi connectivity index (χ1n) is 12.7. The molecule has 0 unspecified atom stereocenters. The molecular weight excluding hydrogens is 440 g/mol. The van der Waals surface area contributed by atoms with Gasteiger partial charge in [0.2, 0.25) is 0 Å². The molecule has 2 fully saturated rings. The summed E-state index contributed by atoms with van der Waals surface area (Å²) in [4.78, 5) is 0. The minimum absolute atomic E-state index is 0.0993. The summed E-state index contributed by atoms with van der Waals surface area (Å²) < 4.78 is 12.0. The number of hydrogen-bond acceptors (Lipinski definition) is 8. The van der Waals surface area contributed by atoms with E-state index in [9.17, 15) is 30.6 Å². The quantitative estimate of drug-likeness (QED) is 0.318. The van der Waals surface area contributed by atoms with Gasteiger partial charge in [-0.15, -0.1) is 0 Å². The second kappa shape index (κ2) is 9.90. The molecule has 0 aromatic carbocycles. The number of allylic oxidation sites excluding steroid dienone is 2. The predicted molar refractivity (Wildman–Crippen MR) is 124 cm³/mol. The molecule has 34 heavy (non-hydrogen) atoms. The molecule has 1 aliphatic heterocycles. The molecule has 0 amide bonds. The second-order valence-corrected chi connectivity index (χ2v) is 11.3. The van der Waals surface area contributed by atoms with Gasteiger partial charge in [-0.1, -0.05) is 44.9 Å². The van der Waals surface area contributed by atoms with Gasteiger partial charge in [-0.3, -0.25) is 0 Å². The molecule has 0 aromatic heterocycles. The van der Waals surface area contributed by atoms with Crippen molar-refractivity contribution in [1.29, 1.82) is 0 Å². The van der Waals surface area contributed by atoms with E-state index in [1.807, 2.05) is 6.92 Å². The van der Waals surface area contributed by atoms with Gasteiger partial charge in [0, 0.05) is 17.9 Å². The molecule has 6 N–H and O–H groups in total. The van der Waals surface area contributed by atoms with Crippen molar-refractivity contribution in [1.82, 2.24) is 0 Å². The lowest BCUT2D eigenvalue weighted by molar-refractivity contribution is -0.315. The van der Waals surface area contributed by atoms with Gasteiger partial charge in [-0.05, 0) is 49.0 Å². The van der Waals surface area contributed by atoms with Crippen LogP contribution in [-0.2, 0) is 9.47 Å². The molecule has 1 saturated carbocycles. The fourth-order valence-electron chi connectivity index (χ4n) is 6.82. The highest BCUT2D eigenvalue weighted by molar-refractivity contribution is 5.41. The average molecular weight is 483 g/mol. The van der Waals surface area contributed by atoms with Crippen LogP contribution in [0.3, 0.4) is 0 Å². The minimum Gasteiger partial charge on any atom is -0.396 e. The maximum atomic E-state index is 11.7. The van der Waals surface area contributed by atoms with Crippen LogP contribution in [0.4, 0.5) is 0 Å². The van der Waals surface area contributed by atoms with Gasteiger partial charge in [0.05, 0.1) is 12.7 Å². The number of ether oxygens (including phenoxy) is 2. The Bertz CT molecular complexity index is 807. The summed E-state index contributed by atoms with van der Waals surface area (Å²) in [5, 5.41) is 62.5. The van der Waals surface area contributed by atoms with Crippen LogP contribution >= 0.6 is 0 Å². The third-order valence-electron chi connectivity index (χ3n) is 8.90. The third kappa shape index (κ3) is 4.30. The highest BCUT2D eigenvalue weighted by Gasteiger charge is 2.52. The Hall–Kier alpha value is -0.840. The normalized spacial score (nSPS) is 47.3. The number of fused-ring (bicyclic) bond motifs is 2. The van der Waals surface area contributed by atoms with E-state index in [0.29, 0.717) is 0 Å². The average Bonchev–Trinajstić information content (AvgIpc) is 3.36. The van der Waals surface area contributed by atoms with Gasteiger partial charge in [-0.25, -0.2) is 0 Å². The van der Waals surface area contributed by atoms with Crippen molar-refractivity contribution in [2.45, 2.75) is 96.3 Å². The predicted octanol–water partition coefficient (Wildman–Crippen LogP) is 0.880. The van der Waals surface area contributed by atoms with Crippen molar-refractivity contribution >= 4 is 0 Å². The molecule has 3 aliphatic carbocycles. The topological polar surface area (TPSA) is 140 Å². The smallest absolute Gasteiger partial charge is 0.187 e. The largest absolute Gasteiger partial charge is 0.396 e. The van der Waals surface area contributed by atoms with Gasteiger partial charge in [-0.2, -0.15) is 0 Å². The van der Waals surface area contributed by atoms with Crippen molar-refractivity contribution in [3.05, 3.63) is 22.8 Å². The summed E-state index contributed by atoms with van der Waals surface area (Å²) in [5.41, 5.74) is 3.03. The van der Waals surface area contributed by atoms with E-state index in [0.717, 1.165) is 31.3 Å². The fourth-order valence-corrected chi connectivity index (χ4v) is 6.82. The summed E-state index contributed by atoms with van der Waals surface area (Å²) >= 11 is 0. The summed E-state index contributed by atoms with van der Waals surface area (Å²) in [7, 11) is 0. The zero-order chi connectivity index (χ0) is 24.9. The first-order chi connectivity index (χ1) is 16.0. The molecule has 8 heteroatoms. The summed E-state index contributed by atoms with van der Waals surface area (Å²) in [6, 6.07) is 0. The van der Waals surface area contributed by atoms with Crippen molar-refractivity contribution in [3.63, 3.8) is 0 Å². The Morgan fingerprint density at radius 3 is 2.35 bits per heavy atom. The summed E-state index contributed by atoms with van der Waals surface area (Å²) in [5.74, 6) is 0.285. The van der Waals surface area contributed by atoms with Crippen LogP contribution in [0.25, 0.3) is 0 Å². The Morgan fingerprint density at radius 1 is 1.03 bits per heavy atom. The monoisotopic (exact) mass is 482 g/mol. The van der Waals surface area contributed by atoms with E-state index in [1.54, 1.807) is 0 Å². The number of aliphatic hydroxyl groups is 6. The second-order valence-electron chi connectivity index (χ2n) is 11.3. The molecule has 0 spiro atoms. The third-order valence-corrected chi connectivity index (χ3v) is 8.90. The van der Waals surface area contributed by atoms with E-state index in [1.165, 1.54) is 11.1 Å². The zero-order valence-corrected chi connectivity index (χ0v) is 20.7. The number of rotatable bonds is 5. The van der Waals surface area contributed by atoms with Gasteiger partial charge in [0.15, 0.2) is 6.29 Å². The van der Waals surface area contributed by atoms with Gasteiger partial charge in [0.25, 0.3) is 0 Å². The lowest BCUT2D eigenvalue weighted by atomic mass is 9.68. The molecule has 1 heterocycles. The number of aliphatic hydroxyl groups excluding tert-OH is 6. The van der Waals surface area contributed by atoms with Crippen LogP contribution in [0.2, 0.25) is 0 Å². The van der Waals surface area contributed by atoms with Crippen molar-refractivity contribution in [3.8, 4) is 0 Å². The maximum absolute atomic E-state index is 11.7. The Morgan fingerprint density at radius 2 is 1.74 bits per heavy atom. The molecule has 11 atom stereocenters. The standard InChI is InChI=1S/C26H42O8/c1-12(2)15-7-8-26(4)9-17-14(10-27)5-6-16(17)13(3)20(29)24(19(15)26)34-25-23(32)22(31)21(30)18(11-28)33-25/h9,12-14,16,18,20-25,27-32H,5-8,10-11H2,1-4H3/t13-,14-,16+,18-,20-,21-,22+,23-,24-,25+,26-/m1/s1. The molecule has 4 rings (SSSR count). The van der Waals surface area contributed by atoms with Gasteiger partial charge in [0.1, 0.15) is 30.5 Å². The maximum Gasteiger partial charge on any atom is 0.187 e. The van der Waals surface area contributed by atoms with Crippen LogP contribution < -0.4 is 0 Å². The van der Waals surface area contributed by atoms with E-state index < -0.39 is 49.5 Å². The Balaban J connectivity index is 1.78. The van der Waals surface area contributed by atoms with E-state index in [-0.39, 0.29) is 35.7 Å². The molecule has 4 aliphatic rings. The van der Waals surface area contributed by atoms with Crippen LogP contribution in [-0.4, -0.2) is 86.8 Å². The zero-order valence-electron chi connectivity index (χ0n) is 20.7. The molecule has 1 saturated heterocycles. The van der Waals surface area contributed by atoms with E-state index in [2.05, 4.69) is 26.8 Å². The SMILES string of the molecule is CC(C)C1=C2[C@@H](O[C@@H]3O[C@H](CO)[C@@H](O)[C@H](O)[C@H]3O)[C@H](O)[C@H](C)[C@@H]3CC[C@H](CO)C3=C[C@@]2(C)CC1. The first-order valence-corrected chi connectivity index (χ1v) is 12.7. The molecular formula is C26H42O8. The summed E-state index contributed by atoms with van der Waals surface area (Å²) in [6.45, 7) is 7.96. The Kier molecular flexibility index (Phi) is 7.64. The van der Waals surface area contributed by atoms with Gasteiger partial charge >= 0.3 is 0 Å². The highest BCUT2D eigenvalue weighted by atomic mass is 16.7. The van der Waals surface area contributed by atoms with Crippen LogP contribution in [0.1, 0.15) is 53.4 Å². The van der Waals surface area contributed by atoms with Crippen LogP contribution in [0.15, 0.2) is 22.8 Å². The summed E-state index contributed by atoms with van der Waals surface area (Å²) in [6.07, 6.45) is -2.83. The molecule has 0 aromatic rings. The fraction of sp³-hybridized carbons (Fsp3) is 0.846. The molecule has 194 valence electrons.